The average molecular weight is 285 g/mol. The lowest BCUT2D eigenvalue weighted by molar-refractivity contribution is -0.137. The maximum absolute atomic E-state index is 12.6. The fraction of sp³-hybridized carbons (Fsp3) is 0.500. The summed E-state index contributed by atoms with van der Waals surface area (Å²) >= 11 is 0. The molecule has 0 aromatic heterocycles. The Balaban J connectivity index is 3.11. The highest BCUT2D eigenvalue weighted by Gasteiger charge is 2.31. The number of nitrogens with zero attached hydrogens (tertiary/aromatic N) is 2. The Kier molecular flexibility index (Phi) is 4.66. The molecule has 0 bridgehead atoms. The first kappa shape index (κ1) is 16.3. The summed E-state index contributed by atoms with van der Waals surface area (Å²) in [6, 6.07) is 5.01. The standard InChI is InChI=1S/C14H18F3N3/c1-13(2,8-19)9-20(3)12-5-4-11(14(15,16)17)6-10(12)7-18/h4-6H,8-9,19H2,1-3H3. The number of anilines is 1. The van der Waals surface area contributed by atoms with Crippen LogP contribution in [0.5, 0.6) is 0 Å². The van der Waals surface area contributed by atoms with Crippen molar-refractivity contribution in [3.8, 4) is 6.07 Å². The smallest absolute Gasteiger partial charge is 0.373 e. The van der Waals surface area contributed by atoms with Crippen LogP contribution >= 0.6 is 0 Å². The number of hydrogen-bond donors (Lipinski definition) is 1. The Bertz CT molecular complexity index is 515. The molecule has 0 spiro atoms. The molecule has 0 atom stereocenters. The minimum absolute atomic E-state index is 0.00939. The minimum Gasteiger partial charge on any atom is -0.373 e. The van der Waals surface area contributed by atoms with Crippen molar-refractivity contribution in [2.45, 2.75) is 20.0 Å². The summed E-state index contributed by atoms with van der Waals surface area (Å²) in [5, 5.41) is 9.04. The van der Waals surface area contributed by atoms with Gasteiger partial charge in [-0.2, -0.15) is 18.4 Å². The largest absolute Gasteiger partial charge is 0.416 e. The number of nitriles is 1. The molecule has 1 rings (SSSR count). The predicted molar refractivity (Wildman–Crippen MR) is 72.3 cm³/mol. The number of nitrogens with two attached hydrogens (primary N) is 1. The summed E-state index contributed by atoms with van der Waals surface area (Å²) in [6.07, 6.45) is -4.45. The lowest BCUT2D eigenvalue weighted by Gasteiger charge is -2.31. The van der Waals surface area contributed by atoms with Crippen LogP contribution in [0.1, 0.15) is 25.0 Å². The second kappa shape index (κ2) is 5.71. The van der Waals surface area contributed by atoms with Gasteiger partial charge in [-0.25, -0.2) is 0 Å². The maximum Gasteiger partial charge on any atom is 0.416 e. The first-order chi connectivity index (χ1) is 9.10. The van der Waals surface area contributed by atoms with Crippen molar-refractivity contribution in [1.82, 2.24) is 0 Å². The number of halogens is 3. The Morgan fingerprint density at radius 2 is 1.90 bits per heavy atom. The molecule has 1 aromatic carbocycles. The first-order valence-electron chi connectivity index (χ1n) is 6.13. The zero-order chi connectivity index (χ0) is 15.6. The van der Waals surface area contributed by atoms with Crippen LogP contribution in [0.4, 0.5) is 18.9 Å². The molecule has 6 heteroatoms. The van der Waals surface area contributed by atoms with E-state index in [-0.39, 0.29) is 11.0 Å². The van der Waals surface area contributed by atoms with Gasteiger partial charge in [0.2, 0.25) is 0 Å². The van der Waals surface area contributed by atoms with Crippen LogP contribution in [0.3, 0.4) is 0 Å². The third kappa shape index (κ3) is 3.87. The molecule has 0 fully saturated rings. The number of benzene rings is 1. The van der Waals surface area contributed by atoms with Gasteiger partial charge < -0.3 is 10.6 Å². The van der Waals surface area contributed by atoms with Gasteiger partial charge in [0.15, 0.2) is 0 Å². The molecule has 1 aromatic rings. The Morgan fingerprint density at radius 1 is 1.30 bits per heavy atom. The summed E-state index contributed by atoms with van der Waals surface area (Å²) < 4.78 is 37.9. The summed E-state index contributed by atoms with van der Waals surface area (Å²) in [4.78, 5) is 1.76. The van der Waals surface area contributed by atoms with Gasteiger partial charge in [0.25, 0.3) is 0 Å². The normalized spacial score (nSPS) is 12.1. The van der Waals surface area contributed by atoms with Crippen molar-refractivity contribution >= 4 is 5.69 Å². The molecular formula is C14H18F3N3. The van der Waals surface area contributed by atoms with Crippen molar-refractivity contribution in [2.75, 3.05) is 25.0 Å². The van der Waals surface area contributed by atoms with Crippen LogP contribution in [0, 0.1) is 16.7 Å². The first-order valence-corrected chi connectivity index (χ1v) is 6.13. The molecular weight excluding hydrogens is 267 g/mol. The zero-order valence-electron chi connectivity index (χ0n) is 11.8. The van der Waals surface area contributed by atoms with Crippen molar-refractivity contribution in [3.05, 3.63) is 29.3 Å². The summed E-state index contributed by atoms with van der Waals surface area (Å²) in [7, 11) is 1.74. The molecule has 0 saturated carbocycles. The van der Waals surface area contributed by atoms with E-state index >= 15 is 0 Å². The van der Waals surface area contributed by atoms with Crippen LogP contribution in [0.15, 0.2) is 18.2 Å². The second-order valence-electron chi connectivity index (χ2n) is 5.57. The van der Waals surface area contributed by atoms with Crippen LogP contribution in [0.25, 0.3) is 0 Å². The van der Waals surface area contributed by atoms with E-state index < -0.39 is 11.7 Å². The van der Waals surface area contributed by atoms with Crippen LogP contribution in [-0.2, 0) is 6.18 Å². The molecule has 0 heterocycles. The molecule has 20 heavy (non-hydrogen) atoms. The second-order valence-corrected chi connectivity index (χ2v) is 5.57. The van der Waals surface area contributed by atoms with Gasteiger partial charge in [-0.1, -0.05) is 13.8 Å². The van der Waals surface area contributed by atoms with Gasteiger partial charge in [-0.3, -0.25) is 0 Å². The van der Waals surface area contributed by atoms with Gasteiger partial charge in [-0.05, 0) is 30.2 Å². The topological polar surface area (TPSA) is 53.0 Å². The Labute approximate surface area is 116 Å². The third-order valence-corrected chi connectivity index (χ3v) is 3.07. The monoisotopic (exact) mass is 285 g/mol. The summed E-state index contributed by atoms with van der Waals surface area (Å²) in [6.45, 7) is 4.91. The molecule has 0 amide bonds. The molecule has 0 saturated heterocycles. The van der Waals surface area contributed by atoms with Crippen molar-refractivity contribution in [1.29, 1.82) is 5.26 Å². The molecule has 2 N–H and O–H groups in total. The highest BCUT2D eigenvalue weighted by atomic mass is 19.4. The van der Waals surface area contributed by atoms with Gasteiger partial charge in [0.05, 0.1) is 16.8 Å². The number of alkyl halides is 3. The van der Waals surface area contributed by atoms with Crippen molar-refractivity contribution < 1.29 is 13.2 Å². The Morgan fingerprint density at radius 3 is 2.35 bits per heavy atom. The van der Waals surface area contributed by atoms with E-state index in [0.717, 1.165) is 12.1 Å². The van der Waals surface area contributed by atoms with Gasteiger partial charge >= 0.3 is 6.18 Å². The zero-order valence-corrected chi connectivity index (χ0v) is 11.8. The minimum atomic E-state index is -4.45. The van der Waals surface area contributed by atoms with Gasteiger partial charge in [0, 0.05) is 13.6 Å². The van der Waals surface area contributed by atoms with E-state index in [0.29, 0.717) is 18.8 Å². The lowest BCUT2D eigenvalue weighted by atomic mass is 9.93. The van der Waals surface area contributed by atoms with Crippen LogP contribution < -0.4 is 10.6 Å². The van der Waals surface area contributed by atoms with Crippen LogP contribution in [0.2, 0.25) is 0 Å². The van der Waals surface area contributed by atoms with Crippen molar-refractivity contribution in [3.63, 3.8) is 0 Å². The molecule has 3 nitrogen and oxygen atoms in total. The van der Waals surface area contributed by atoms with E-state index in [1.807, 2.05) is 19.9 Å². The highest BCUT2D eigenvalue weighted by Crippen LogP contribution is 2.33. The molecule has 0 aliphatic carbocycles. The van der Waals surface area contributed by atoms with E-state index in [4.69, 9.17) is 11.0 Å². The quantitative estimate of drug-likeness (QED) is 0.925. The van der Waals surface area contributed by atoms with E-state index in [1.54, 1.807) is 11.9 Å². The molecule has 0 radical (unpaired) electrons. The maximum atomic E-state index is 12.6. The lowest BCUT2D eigenvalue weighted by Crippen LogP contribution is -2.37. The SMILES string of the molecule is CN(CC(C)(C)CN)c1ccc(C(F)(F)F)cc1C#N. The molecule has 0 aliphatic heterocycles. The fourth-order valence-electron chi connectivity index (χ4n) is 1.93. The van der Waals surface area contributed by atoms with E-state index in [1.165, 1.54) is 6.07 Å². The Hall–Kier alpha value is -1.74. The third-order valence-electron chi connectivity index (χ3n) is 3.07. The van der Waals surface area contributed by atoms with Gasteiger partial charge in [-0.15, -0.1) is 0 Å². The molecule has 110 valence electrons. The van der Waals surface area contributed by atoms with Crippen LogP contribution in [-0.4, -0.2) is 20.1 Å². The highest BCUT2D eigenvalue weighted by molar-refractivity contribution is 5.60. The summed E-state index contributed by atoms with van der Waals surface area (Å²) in [5.41, 5.74) is 5.12. The average Bonchev–Trinajstić information content (AvgIpc) is 2.36. The molecule has 0 aliphatic rings. The predicted octanol–water partition coefficient (Wildman–Crippen LogP) is 3.00. The summed E-state index contributed by atoms with van der Waals surface area (Å²) in [5.74, 6) is 0. The van der Waals surface area contributed by atoms with E-state index in [2.05, 4.69) is 0 Å². The van der Waals surface area contributed by atoms with Gasteiger partial charge in [0.1, 0.15) is 6.07 Å². The van der Waals surface area contributed by atoms with Crippen molar-refractivity contribution in [2.24, 2.45) is 11.1 Å². The number of hydrogen-bond acceptors (Lipinski definition) is 3. The van der Waals surface area contributed by atoms with E-state index in [9.17, 15) is 13.2 Å². The fourth-order valence-corrected chi connectivity index (χ4v) is 1.93. The number of rotatable bonds is 4. The molecule has 0 unspecified atom stereocenters.